The summed E-state index contributed by atoms with van der Waals surface area (Å²) >= 11 is 0. The molecular formula is C15H19FN2O. The van der Waals surface area contributed by atoms with Gasteiger partial charge in [-0.15, -0.1) is 0 Å². The number of hydrogen-bond donors (Lipinski definition) is 2. The van der Waals surface area contributed by atoms with Crippen LogP contribution in [0.1, 0.15) is 32.3 Å². The van der Waals surface area contributed by atoms with Crippen LogP contribution in [-0.2, 0) is 4.79 Å². The maximum absolute atomic E-state index is 13.2. The molecule has 0 radical (unpaired) electrons. The third-order valence-electron chi connectivity index (χ3n) is 2.81. The molecule has 102 valence electrons. The summed E-state index contributed by atoms with van der Waals surface area (Å²) in [6.07, 6.45) is 1.38. The second kappa shape index (κ2) is 7.55. The van der Waals surface area contributed by atoms with Crippen molar-refractivity contribution < 1.29 is 9.18 Å². The highest BCUT2D eigenvalue weighted by atomic mass is 19.1. The van der Waals surface area contributed by atoms with E-state index in [9.17, 15) is 9.18 Å². The Hall–Kier alpha value is -1.86. The van der Waals surface area contributed by atoms with Gasteiger partial charge in [0.2, 0.25) is 5.91 Å². The molecule has 0 aliphatic carbocycles. The molecule has 0 aliphatic rings. The maximum Gasteiger partial charge on any atom is 0.224 e. The van der Waals surface area contributed by atoms with Crippen LogP contribution in [0.15, 0.2) is 18.2 Å². The van der Waals surface area contributed by atoms with E-state index in [1.165, 1.54) is 18.2 Å². The van der Waals surface area contributed by atoms with Crippen molar-refractivity contribution in [3.05, 3.63) is 29.6 Å². The fourth-order valence-electron chi connectivity index (χ4n) is 1.54. The van der Waals surface area contributed by atoms with Gasteiger partial charge in [0.15, 0.2) is 0 Å². The van der Waals surface area contributed by atoms with Gasteiger partial charge < -0.3 is 11.1 Å². The van der Waals surface area contributed by atoms with E-state index < -0.39 is 0 Å². The highest BCUT2D eigenvalue weighted by Gasteiger charge is 2.10. The number of nitrogens with one attached hydrogen (secondary N) is 1. The number of amides is 1. The van der Waals surface area contributed by atoms with E-state index in [0.29, 0.717) is 23.6 Å². The van der Waals surface area contributed by atoms with E-state index in [2.05, 4.69) is 17.2 Å². The Morgan fingerprint density at radius 1 is 1.53 bits per heavy atom. The first-order chi connectivity index (χ1) is 9.06. The summed E-state index contributed by atoms with van der Waals surface area (Å²) < 4.78 is 13.2. The molecule has 4 heteroatoms. The average Bonchev–Trinajstić information content (AvgIpc) is 2.38. The zero-order chi connectivity index (χ0) is 14.3. The molecule has 0 saturated carbocycles. The molecule has 0 heterocycles. The van der Waals surface area contributed by atoms with Gasteiger partial charge in [0.25, 0.3) is 0 Å². The van der Waals surface area contributed by atoms with Crippen molar-refractivity contribution >= 4 is 11.6 Å². The highest BCUT2D eigenvalue weighted by molar-refractivity contribution is 5.92. The predicted octanol–water partition coefficient (Wildman–Crippen LogP) is 2.51. The third kappa shape index (κ3) is 5.11. The van der Waals surface area contributed by atoms with Crippen LogP contribution in [-0.4, -0.2) is 12.5 Å². The van der Waals surface area contributed by atoms with E-state index in [1.807, 2.05) is 13.8 Å². The van der Waals surface area contributed by atoms with E-state index in [-0.39, 0.29) is 18.3 Å². The van der Waals surface area contributed by atoms with Crippen molar-refractivity contribution in [1.82, 2.24) is 0 Å². The third-order valence-corrected chi connectivity index (χ3v) is 2.81. The number of halogens is 1. The zero-order valence-corrected chi connectivity index (χ0v) is 11.3. The minimum atomic E-state index is -0.388. The fraction of sp³-hybridized carbons (Fsp3) is 0.400. The van der Waals surface area contributed by atoms with Gasteiger partial charge in [0, 0.05) is 6.42 Å². The van der Waals surface area contributed by atoms with Crippen LogP contribution in [0.4, 0.5) is 10.1 Å². The molecule has 0 aliphatic heterocycles. The summed E-state index contributed by atoms with van der Waals surface area (Å²) in [6, 6.07) is 4.11. The second-order valence-electron chi connectivity index (χ2n) is 4.46. The van der Waals surface area contributed by atoms with Crippen LogP contribution in [0.2, 0.25) is 0 Å². The van der Waals surface area contributed by atoms with Crippen LogP contribution in [0, 0.1) is 23.6 Å². The van der Waals surface area contributed by atoms with Crippen LogP contribution >= 0.6 is 0 Å². The van der Waals surface area contributed by atoms with Gasteiger partial charge in [-0.1, -0.05) is 32.1 Å². The molecular weight excluding hydrogens is 243 g/mol. The molecule has 1 rings (SSSR count). The molecule has 0 saturated heterocycles. The van der Waals surface area contributed by atoms with Crippen molar-refractivity contribution in [3.8, 4) is 11.8 Å². The van der Waals surface area contributed by atoms with Gasteiger partial charge in [-0.3, -0.25) is 4.79 Å². The molecule has 1 aromatic carbocycles. The average molecular weight is 262 g/mol. The Balaban J connectivity index is 2.85. The zero-order valence-electron chi connectivity index (χ0n) is 11.3. The topological polar surface area (TPSA) is 55.1 Å². The monoisotopic (exact) mass is 262 g/mol. The Labute approximate surface area is 113 Å². The van der Waals surface area contributed by atoms with Gasteiger partial charge in [-0.05, 0) is 24.1 Å². The van der Waals surface area contributed by atoms with Crippen molar-refractivity contribution in [2.75, 3.05) is 11.9 Å². The van der Waals surface area contributed by atoms with E-state index in [4.69, 9.17) is 5.73 Å². The number of hydrogen-bond acceptors (Lipinski definition) is 2. The lowest BCUT2D eigenvalue weighted by Gasteiger charge is -2.10. The summed E-state index contributed by atoms with van der Waals surface area (Å²) in [6.45, 7) is 4.24. The van der Waals surface area contributed by atoms with Crippen molar-refractivity contribution in [2.45, 2.75) is 26.7 Å². The quantitative estimate of drug-likeness (QED) is 0.819. The Bertz CT molecular complexity index is 503. The number of benzene rings is 1. The molecule has 1 amide bonds. The van der Waals surface area contributed by atoms with Crippen molar-refractivity contribution in [1.29, 1.82) is 0 Å². The largest absolute Gasteiger partial charge is 0.325 e. The lowest BCUT2D eigenvalue weighted by molar-refractivity contribution is -0.117. The van der Waals surface area contributed by atoms with Gasteiger partial charge in [-0.2, -0.15) is 0 Å². The number of rotatable bonds is 4. The summed E-state index contributed by atoms with van der Waals surface area (Å²) in [4.78, 5) is 11.8. The normalized spacial score (nSPS) is 11.4. The van der Waals surface area contributed by atoms with E-state index in [1.54, 1.807) is 0 Å². The van der Waals surface area contributed by atoms with Gasteiger partial charge >= 0.3 is 0 Å². The molecule has 3 N–H and O–H groups in total. The summed E-state index contributed by atoms with van der Waals surface area (Å²) in [5.41, 5.74) is 6.27. The van der Waals surface area contributed by atoms with Gasteiger partial charge in [0.05, 0.1) is 17.8 Å². The first-order valence-electron chi connectivity index (χ1n) is 6.35. The standard InChI is InChI=1S/C15H19FN2O/c1-3-11(2)9-15(19)18-14-7-6-13(16)10-12(14)5-4-8-17/h6-7,10-11H,3,8-9,17H2,1-2H3,(H,18,19). The van der Waals surface area contributed by atoms with Crippen LogP contribution in [0.25, 0.3) is 0 Å². The number of carbonyl (C=O) groups is 1. The molecule has 0 fully saturated rings. The maximum atomic E-state index is 13.2. The molecule has 0 spiro atoms. The van der Waals surface area contributed by atoms with Crippen molar-refractivity contribution in [2.24, 2.45) is 11.7 Å². The Morgan fingerprint density at radius 2 is 2.26 bits per heavy atom. The minimum Gasteiger partial charge on any atom is -0.325 e. The molecule has 1 atom stereocenters. The lowest BCUT2D eigenvalue weighted by atomic mass is 10.0. The molecule has 19 heavy (non-hydrogen) atoms. The second-order valence-corrected chi connectivity index (χ2v) is 4.46. The van der Waals surface area contributed by atoms with E-state index >= 15 is 0 Å². The fourth-order valence-corrected chi connectivity index (χ4v) is 1.54. The summed E-state index contributed by atoms with van der Waals surface area (Å²) in [5, 5.41) is 2.76. The lowest BCUT2D eigenvalue weighted by Crippen LogP contribution is -2.15. The smallest absolute Gasteiger partial charge is 0.224 e. The molecule has 1 unspecified atom stereocenters. The highest BCUT2D eigenvalue weighted by Crippen LogP contribution is 2.17. The summed E-state index contributed by atoms with van der Waals surface area (Å²) in [5.74, 6) is 5.26. The Kier molecular flexibility index (Phi) is 6.04. The first-order valence-corrected chi connectivity index (χ1v) is 6.35. The van der Waals surface area contributed by atoms with Crippen LogP contribution < -0.4 is 11.1 Å². The first kappa shape index (κ1) is 15.2. The van der Waals surface area contributed by atoms with Crippen LogP contribution in [0.5, 0.6) is 0 Å². The SMILES string of the molecule is CCC(C)CC(=O)Nc1ccc(F)cc1C#CCN. The van der Waals surface area contributed by atoms with Gasteiger partial charge in [-0.25, -0.2) is 4.39 Å². The predicted molar refractivity (Wildman–Crippen MR) is 75.0 cm³/mol. The Morgan fingerprint density at radius 3 is 2.89 bits per heavy atom. The number of nitrogens with two attached hydrogens (primary N) is 1. The number of carbonyl (C=O) groups excluding carboxylic acids is 1. The molecule has 1 aromatic rings. The van der Waals surface area contributed by atoms with Crippen molar-refractivity contribution in [3.63, 3.8) is 0 Å². The minimum absolute atomic E-state index is 0.0863. The molecule has 0 aromatic heterocycles. The molecule has 0 bridgehead atoms. The molecule has 3 nitrogen and oxygen atoms in total. The van der Waals surface area contributed by atoms with E-state index in [0.717, 1.165) is 6.42 Å². The van der Waals surface area contributed by atoms with Gasteiger partial charge in [0.1, 0.15) is 5.82 Å². The van der Waals surface area contributed by atoms with Crippen LogP contribution in [0.3, 0.4) is 0 Å². The number of anilines is 1. The summed E-state index contributed by atoms with van der Waals surface area (Å²) in [7, 11) is 0.